The molecule has 0 amide bonds. The Hall–Kier alpha value is -1.66. The first kappa shape index (κ1) is 16.7. The lowest BCUT2D eigenvalue weighted by Gasteiger charge is -2.28. The van der Waals surface area contributed by atoms with Crippen LogP contribution in [0.1, 0.15) is 39.0 Å². The molecule has 0 saturated heterocycles. The van der Waals surface area contributed by atoms with Crippen molar-refractivity contribution in [1.82, 2.24) is 4.72 Å². The van der Waals surface area contributed by atoms with Crippen LogP contribution in [-0.2, 0) is 14.8 Å². The van der Waals surface area contributed by atoms with Crippen LogP contribution < -0.4 is 4.72 Å². The Kier molecular flexibility index (Phi) is 5.03. The molecule has 0 radical (unpaired) electrons. The van der Waals surface area contributed by atoms with E-state index < -0.39 is 21.5 Å². The van der Waals surface area contributed by atoms with Gasteiger partial charge in [0.05, 0.1) is 4.90 Å². The zero-order valence-corrected chi connectivity index (χ0v) is 13.4. The highest BCUT2D eigenvalue weighted by atomic mass is 32.2. The van der Waals surface area contributed by atoms with Crippen molar-refractivity contribution in [3.63, 3.8) is 0 Å². The van der Waals surface area contributed by atoms with Crippen LogP contribution >= 0.6 is 0 Å². The van der Waals surface area contributed by atoms with Crippen molar-refractivity contribution in [2.24, 2.45) is 0 Å². The summed E-state index contributed by atoms with van der Waals surface area (Å²) in [5.41, 5.74) is -0.537. The highest BCUT2D eigenvalue weighted by Gasteiger charge is 2.38. The number of aliphatic carboxylic acids is 1. The van der Waals surface area contributed by atoms with E-state index in [1.54, 1.807) is 18.2 Å². The lowest BCUT2D eigenvalue weighted by Crippen LogP contribution is -2.52. The molecule has 6 heteroatoms. The predicted molar refractivity (Wildman–Crippen MR) is 84.0 cm³/mol. The van der Waals surface area contributed by atoms with Crippen LogP contribution in [0.2, 0.25) is 0 Å². The number of allylic oxidation sites excluding steroid dienone is 1. The Morgan fingerprint density at radius 1 is 1.27 bits per heavy atom. The van der Waals surface area contributed by atoms with E-state index >= 15 is 0 Å². The molecule has 1 unspecified atom stereocenters. The second-order valence-electron chi connectivity index (χ2n) is 5.84. The zero-order valence-electron chi connectivity index (χ0n) is 12.6. The summed E-state index contributed by atoms with van der Waals surface area (Å²) in [4.78, 5) is 11.7. The number of benzene rings is 1. The van der Waals surface area contributed by atoms with Gasteiger partial charge in [0.2, 0.25) is 10.0 Å². The van der Waals surface area contributed by atoms with Crippen LogP contribution in [0, 0.1) is 0 Å². The molecule has 22 heavy (non-hydrogen) atoms. The van der Waals surface area contributed by atoms with E-state index in [1.165, 1.54) is 19.1 Å². The van der Waals surface area contributed by atoms with Crippen molar-refractivity contribution >= 4 is 16.0 Å². The molecule has 1 aliphatic rings. The molecule has 0 aliphatic heterocycles. The molecule has 0 saturated carbocycles. The van der Waals surface area contributed by atoms with E-state index in [2.05, 4.69) is 4.72 Å². The minimum atomic E-state index is -3.87. The zero-order chi connectivity index (χ0) is 16.2. The minimum absolute atomic E-state index is 0.0695. The molecule has 0 bridgehead atoms. The summed E-state index contributed by atoms with van der Waals surface area (Å²) in [5, 5.41) is 9.52. The van der Waals surface area contributed by atoms with Gasteiger partial charge in [-0.05, 0) is 51.2 Å². The van der Waals surface area contributed by atoms with Crippen molar-refractivity contribution in [2.75, 3.05) is 0 Å². The molecule has 0 fully saturated rings. The fraction of sp³-hybridized carbons (Fsp3) is 0.438. The summed E-state index contributed by atoms with van der Waals surface area (Å²) < 4.78 is 27.2. The van der Waals surface area contributed by atoms with Gasteiger partial charge in [0, 0.05) is 0 Å². The third-order valence-electron chi connectivity index (χ3n) is 3.85. The molecule has 1 aromatic rings. The molecule has 2 rings (SSSR count). The first-order valence-electron chi connectivity index (χ1n) is 7.34. The van der Waals surface area contributed by atoms with Crippen molar-refractivity contribution in [3.05, 3.63) is 42.0 Å². The molecule has 5 nitrogen and oxygen atoms in total. The van der Waals surface area contributed by atoms with E-state index in [1.807, 2.05) is 6.08 Å². The van der Waals surface area contributed by atoms with Gasteiger partial charge in [-0.15, -0.1) is 0 Å². The van der Waals surface area contributed by atoms with Gasteiger partial charge in [-0.3, -0.25) is 4.79 Å². The van der Waals surface area contributed by atoms with Crippen molar-refractivity contribution < 1.29 is 18.3 Å². The molecule has 1 atom stereocenters. The summed E-state index contributed by atoms with van der Waals surface area (Å²) in [6, 6.07) is 7.82. The van der Waals surface area contributed by atoms with Crippen LogP contribution in [0.15, 0.2) is 46.9 Å². The Bertz CT molecular complexity index is 667. The fourth-order valence-corrected chi connectivity index (χ4v) is 4.02. The van der Waals surface area contributed by atoms with Gasteiger partial charge in [-0.2, -0.15) is 4.72 Å². The number of hydrogen-bond acceptors (Lipinski definition) is 3. The van der Waals surface area contributed by atoms with Crippen molar-refractivity contribution in [2.45, 2.75) is 49.5 Å². The largest absolute Gasteiger partial charge is 0.480 e. The molecule has 1 aromatic carbocycles. The first-order chi connectivity index (χ1) is 10.3. The van der Waals surface area contributed by atoms with Crippen LogP contribution in [0.5, 0.6) is 0 Å². The average molecular weight is 323 g/mol. The maximum absolute atomic E-state index is 12.4. The lowest BCUT2D eigenvalue weighted by atomic mass is 9.88. The molecule has 0 spiro atoms. The topological polar surface area (TPSA) is 83.5 Å². The third kappa shape index (κ3) is 3.96. The maximum atomic E-state index is 12.4. The first-order valence-corrected chi connectivity index (χ1v) is 8.82. The molecular formula is C16H21NO4S. The predicted octanol–water partition coefficient (Wildman–Crippen LogP) is 2.70. The monoisotopic (exact) mass is 323 g/mol. The van der Waals surface area contributed by atoms with Gasteiger partial charge < -0.3 is 5.11 Å². The average Bonchev–Trinajstić information content (AvgIpc) is 2.48. The molecule has 0 heterocycles. The number of sulfonamides is 1. The van der Waals surface area contributed by atoms with Crippen LogP contribution in [-0.4, -0.2) is 25.0 Å². The maximum Gasteiger partial charge on any atom is 0.324 e. The van der Waals surface area contributed by atoms with E-state index in [0.29, 0.717) is 0 Å². The van der Waals surface area contributed by atoms with Gasteiger partial charge in [0.1, 0.15) is 5.54 Å². The van der Waals surface area contributed by atoms with Crippen LogP contribution in [0.4, 0.5) is 0 Å². The standard InChI is InChI=1S/C16H21NO4S/c1-16(15(18)19,12-13-8-4-2-5-9-13)17-22(20,21)14-10-6-3-7-11-14/h3,6-8,10-11,17H,2,4-5,9,12H2,1H3,(H,18,19). The number of nitrogens with one attached hydrogen (secondary N) is 1. The van der Waals surface area contributed by atoms with Gasteiger partial charge >= 0.3 is 5.97 Å². The molecule has 120 valence electrons. The second kappa shape index (κ2) is 6.62. The molecule has 2 N–H and O–H groups in total. The number of rotatable bonds is 6. The number of carboxylic acid groups (broad SMARTS) is 1. The SMILES string of the molecule is CC(CC1=CCCCC1)(NS(=O)(=O)c1ccccc1)C(=O)O. The quantitative estimate of drug-likeness (QED) is 0.788. The normalized spacial score (nSPS) is 18.3. The highest BCUT2D eigenvalue weighted by Crippen LogP contribution is 2.27. The minimum Gasteiger partial charge on any atom is -0.480 e. The Morgan fingerprint density at radius 2 is 1.95 bits per heavy atom. The second-order valence-corrected chi connectivity index (χ2v) is 7.52. The fourth-order valence-electron chi connectivity index (χ4n) is 2.63. The molecule has 0 aromatic heterocycles. The third-order valence-corrected chi connectivity index (χ3v) is 5.46. The summed E-state index contributed by atoms with van der Waals surface area (Å²) in [5.74, 6) is -1.17. The van der Waals surface area contributed by atoms with Crippen molar-refractivity contribution in [1.29, 1.82) is 0 Å². The Balaban J connectivity index is 2.24. The highest BCUT2D eigenvalue weighted by molar-refractivity contribution is 7.89. The van der Waals surface area contributed by atoms with Crippen LogP contribution in [0.3, 0.4) is 0 Å². The van der Waals surface area contributed by atoms with Gasteiger partial charge in [0.25, 0.3) is 0 Å². The van der Waals surface area contributed by atoms with Crippen LogP contribution in [0.25, 0.3) is 0 Å². The lowest BCUT2D eigenvalue weighted by molar-refractivity contribution is -0.143. The number of hydrogen-bond donors (Lipinski definition) is 2. The van der Waals surface area contributed by atoms with Gasteiger partial charge in [-0.25, -0.2) is 8.42 Å². The summed E-state index contributed by atoms with van der Waals surface area (Å²) >= 11 is 0. The van der Waals surface area contributed by atoms with Gasteiger partial charge in [-0.1, -0.05) is 29.8 Å². The van der Waals surface area contributed by atoms with E-state index in [4.69, 9.17) is 0 Å². The summed E-state index contributed by atoms with van der Waals surface area (Å²) in [6.45, 7) is 1.42. The molecular weight excluding hydrogens is 302 g/mol. The van der Waals surface area contributed by atoms with E-state index in [0.717, 1.165) is 31.3 Å². The number of carboxylic acids is 1. The van der Waals surface area contributed by atoms with E-state index in [-0.39, 0.29) is 11.3 Å². The smallest absolute Gasteiger partial charge is 0.324 e. The van der Waals surface area contributed by atoms with Gasteiger partial charge in [0.15, 0.2) is 0 Å². The van der Waals surface area contributed by atoms with Crippen molar-refractivity contribution in [3.8, 4) is 0 Å². The Morgan fingerprint density at radius 3 is 2.50 bits per heavy atom. The molecule has 1 aliphatic carbocycles. The summed E-state index contributed by atoms with van der Waals surface area (Å²) in [7, 11) is -3.87. The number of carbonyl (C=O) groups is 1. The van der Waals surface area contributed by atoms with E-state index in [9.17, 15) is 18.3 Å². The summed E-state index contributed by atoms with van der Waals surface area (Å²) in [6.07, 6.45) is 6.10. The Labute approximate surface area is 131 Å².